The van der Waals surface area contributed by atoms with Gasteiger partial charge in [0.05, 0.1) is 21.9 Å². The van der Waals surface area contributed by atoms with E-state index in [9.17, 15) is 21.6 Å². The van der Waals surface area contributed by atoms with Gasteiger partial charge >= 0.3 is 0 Å². The van der Waals surface area contributed by atoms with E-state index in [1.54, 1.807) is 24.3 Å². The second-order valence-corrected chi connectivity index (χ2v) is 12.4. The normalized spacial score (nSPS) is 11.8. The van der Waals surface area contributed by atoms with E-state index >= 15 is 0 Å². The van der Waals surface area contributed by atoms with Crippen molar-refractivity contribution in [1.29, 1.82) is 0 Å². The molecule has 0 atom stereocenters. The highest BCUT2D eigenvalue weighted by molar-refractivity contribution is 7.92. The van der Waals surface area contributed by atoms with Crippen molar-refractivity contribution in [1.82, 2.24) is 4.31 Å². The zero-order valence-electron chi connectivity index (χ0n) is 19.2. The summed E-state index contributed by atoms with van der Waals surface area (Å²) >= 11 is 11.9. The Labute approximate surface area is 220 Å². The first kappa shape index (κ1) is 27.8. The predicted molar refractivity (Wildman–Crippen MR) is 141 cm³/mol. The standard InChI is InChI=1S/C23H23Cl2N3O6S2/c1-28(35(2,30)31)14-16-3-8-19(9-4-16)34-15-23(29)26-18-6-10-20(11-7-18)36(32,33)27-22-12-5-17(24)13-21(22)25/h3-13,27H,14-15H2,1-2H3,(H,26,29). The van der Waals surface area contributed by atoms with Crippen LogP contribution in [-0.4, -0.2) is 47.0 Å². The first-order valence-corrected chi connectivity index (χ1v) is 14.4. The second kappa shape index (κ2) is 11.5. The number of amides is 1. The van der Waals surface area contributed by atoms with Gasteiger partial charge in [-0.3, -0.25) is 9.52 Å². The Bertz CT molecular complexity index is 1450. The molecule has 1 amide bonds. The van der Waals surface area contributed by atoms with Gasteiger partial charge in [0.1, 0.15) is 5.75 Å². The molecule has 0 aromatic heterocycles. The van der Waals surface area contributed by atoms with Crippen LogP contribution in [0.1, 0.15) is 5.56 Å². The molecule has 13 heteroatoms. The number of nitrogens with zero attached hydrogens (tertiary/aromatic N) is 1. The van der Waals surface area contributed by atoms with Crippen LogP contribution in [0.25, 0.3) is 0 Å². The summed E-state index contributed by atoms with van der Waals surface area (Å²) in [6.07, 6.45) is 1.13. The van der Waals surface area contributed by atoms with Gasteiger partial charge in [-0.2, -0.15) is 0 Å². The molecule has 192 valence electrons. The molecule has 3 rings (SSSR count). The van der Waals surface area contributed by atoms with Crippen molar-refractivity contribution in [3.05, 3.63) is 82.3 Å². The number of carbonyl (C=O) groups excluding carboxylic acids is 1. The maximum absolute atomic E-state index is 12.6. The van der Waals surface area contributed by atoms with Crippen molar-refractivity contribution in [3.63, 3.8) is 0 Å². The molecule has 0 aliphatic heterocycles. The number of rotatable bonds is 10. The van der Waals surface area contributed by atoms with Gasteiger partial charge in [0.2, 0.25) is 10.0 Å². The van der Waals surface area contributed by atoms with E-state index in [0.717, 1.165) is 11.8 Å². The first-order chi connectivity index (χ1) is 16.8. The van der Waals surface area contributed by atoms with Crippen LogP contribution < -0.4 is 14.8 Å². The third-order valence-electron chi connectivity index (χ3n) is 4.89. The fourth-order valence-electron chi connectivity index (χ4n) is 2.90. The van der Waals surface area contributed by atoms with E-state index in [1.807, 2.05) is 0 Å². The molecule has 0 fully saturated rings. The lowest BCUT2D eigenvalue weighted by atomic mass is 10.2. The Morgan fingerprint density at radius 1 is 0.944 bits per heavy atom. The second-order valence-electron chi connectivity index (χ2n) is 7.75. The molecule has 3 aromatic carbocycles. The SMILES string of the molecule is CN(Cc1ccc(OCC(=O)Nc2ccc(S(=O)(=O)Nc3ccc(Cl)cc3Cl)cc2)cc1)S(C)(=O)=O. The van der Waals surface area contributed by atoms with E-state index in [2.05, 4.69) is 10.0 Å². The quantitative estimate of drug-likeness (QED) is 0.376. The number of hydrogen-bond acceptors (Lipinski definition) is 6. The van der Waals surface area contributed by atoms with Crippen LogP contribution in [0.4, 0.5) is 11.4 Å². The number of anilines is 2. The summed E-state index contributed by atoms with van der Waals surface area (Å²) in [6.45, 7) is -0.0627. The van der Waals surface area contributed by atoms with Gasteiger partial charge < -0.3 is 10.1 Å². The van der Waals surface area contributed by atoms with Gasteiger partial charge in [-0.25, -0.2) is 21.1 Å². The van der Waals surface area contributed by atoms with Crippen LogP contribution in [-0.2, 0) is 31.4 Å². The Balaban J connectivity index is 1.54. The fourth-order valence-corrected chi connectivity index (χ4v) is 4.88. The number of nitrogens with one attached hydrogen (secondary N) is 2. The molecule has 0 heterocycles. The van der Waals surface area contributed by atoms with Crippen LogP contribution in [0.3, 0.4) is 0 Å². The van der Waals surface area contributed by atoms with Gasteiger partial charge in [0, 0.05) is 24.3 Å². The van der Waals surface area contributed by atoms with Crippen LogP contribution in [0.2, 0.25) is 10.0 Å². The Morgan fingerprint density at radius 2 is 1.58 bits per heavy atom. The molecule has 0 unspecified atom stereocenters. The molecule has 3 aromatic rings. The topological polar surface area (TPSA) is 122 Å². The van der Waals surface area contributed by atoms with Gasteiger partial charge in [-0.15, -0.1) is 0 Å². The molecule has 0 saturated heterocycles. The van der Waals surface area contributed by atoms with E-state index in [0.29, 0.717) is 16.5 Å². The van der Waals surface area contributed by atoms with Crippen molar-refractivity contribution >= 4 is 60.5 Å². The Morgan fingerprint density at radius 3 is 2.17 bits per heavy atom. The number of ether oxygens (including phenoxy) is 1. The monoisotopic (exact) mass is 571 g/mol. The van der Waals surface area contributed by atoms with Gasteiger partial charge in [-0.05, 0) is 60.2 Å². The van der Waals surface area contributed by atoms with Crippen molar-refractivity contribution in [2.45, 2.75) is 11.4 Å². The number of benzene rings is 3. The maximum Gasteiger partial charge on any atom is 0.262 e. The zero-order valence-corrected chi connectivity index (χ0v) is 22.4. The average Bonchev–Trinajstić information content (AvgIpc) is 2.80. The van der Waals surface area contributed by atoms with Crippen molar-refractivity contribution in [2.75, 3.05) is 29.9 Å². The fraction of sp³-hybridized carbons (Fsp3) is 0.174. The summed E-state index contributed by atoms with van der Waals surface area (Å²) < 4.78 is 57.3. The van der Waals surface area contributed by atoms with Crippen LogP contribution in [0, 0.1) is 0 Å². The molecule has 0 radical (unpaired) electrons. The summed E-state index contributed by atoms with van der Waals surface area (Å²) in [6, 6.07) is 16.7. The maximum atomic E-state index is 12.6. The van der Waals surface area contributed by atoms with Crippen LogP contribution >= 0.6 is 23.2 Å². The molecule has 0 aliphatic rings. The van der Waals surface area contributed by atoms with Gasteiger partial charge in [0.15, 0.2) is 6.61 Å². The van der Waals surface area contributed by atoms with E-state index in [-0.39, 0.29) is 28.8 Å². The first-order valence-electron chi connectivity index (χ1n) is 10.3. The number of sulfonamides is 2. The lowest BCUT2D eigenvalue weighted by Gasteiger charge is -2.14. The number of hydrogen-bond donors (Lipinski definition) is 2. The molecular formula is C23H23Cl2N3O6S2. The minimum Gasteiger partial charge on any atom is -0.484 e. The highest BCUT2D eigenvalue weighted by Crippen LogP contribution is 2.28. The minimum absolute atomic E-state index is 0.0237. The molecule has 2 N–H and O–H groups in total. The number of carbonyl (C=O) groups is 1. The van der Waals surface area contributed by atoms with E-state index in [1.165, 1.54) is 53.8 Å². The molecule has 0 spiro atoms. The molecular weight excluding hydrogens is 549 g/mol. The summed E-state index contributed by atoms with van der Waals surface area (Å²) in [5.74, 6) is -0.0122. The van der Waals surface area contributed by atoms with Gasteiger partial charge in [-0.1, -0.05) is 35.3 Å². The van der Waals surface area contributed by atoms with Gasteiger partial charge in [0.25, 0.3) is 15.9 Å². The van der Waals surface area contributed by atoms with Crippen molar-refractivity contribution in [2.24, 2.45) is 0 Å². The highest BCUT2D eigenvalue weighted by atomic mass is 35.5. The van der Waals surface area contributed by atoms with Crippen molar-refractivity contribution < 1.29 is 26.4 Å². The van der Waals surface area contributed by atoms with Crippen molar-refractivity contribution in [3.8, 4) is 5.75 Å². The summed E-state index contributed by atoms with van der Waals surface area (Å²) in [5.41, 5.74) is 1.33. The lowest BCUT2D eigenvalue weighted by Crippen LogP contribution is -2.24. The summed E-state index contributed by atoms with van der Waals surface area (Å²) in [5, 5.41) is 3.16. The lowest BCUT2D eigenvalue weighted by molar-refractivity contribution is -0.118. The third kappa shape index (κ3) is 7.84. The minimum atomic E-state index is -3.91. The van der Waals surface area contributed by atoms with Crippen LogP contribution in [0.15, 0.2) is 71.6 Å². The molecule has 9 nitrogen and oxygen atoms in total. The van der Waals surface area contributed by atoms with E-state index in [4.69, 9.17) is 27.9 Å². The molecule has 36 heavy (non-hydrogen) atoms. The Kier molecular flexibility index (Phi) is 8.85. The summed E-state index contributed by atoms with van der Waals surface area (Å²) in [7, 11) is -5.72. The average molecular weight is 572 g/mol. The largest absolute Gasteiger partial charge is 0.484 e. The predicted octanol–water partition coefficient (Wildman–Crippen LogP) is 4.20. The molecule has 0 aliphatic carbocycles. The highest BCUT2D eigenvalue weighted by Gasteiger charge is 2.16. The zero-order chi connectivity index (χ0) is 26.5. The third-order valence-corrected chi connectivity index (χ3v) is 8.08. The van der Waals surface area contributed by atoms with E-state index < -0.39 is 26.0 Å². The van der Waals surface area contributed by atoms with Crippen LogP contribution in [0.5, 0.6) is 5.75 Å². The molecule has 0 saturated carbocycles. The summed E-state index contributed by atoms with van der Waals surface area (Å²) in [4.78, 5) is 12.2. The smallest absolute Gasteiger partial charge is 0.262 e. The Hall–Kier alpha value is -2.83. The molecule has 0 bridgehead atoms. The number of halogens is 2.